The zero-order valence-electron chi connectivity index (χ0n) is 15.0. The first-order chi connectivity index (χ1) is 11.6. The predicted octanol–water partition coefficient (Wildman–Crippen LogP) is 1.60. The highest BCUT2D eigenvalue weighted by Crippen LogP contribution is 2.27. The highest BCUT2D eigenvalue weighted by molar-refractivity contribution is 5.46. The van der Waals surface area contributed by atoms with E-state index >= 15 is 0 Å². The van der Waals surface area contributed by atoms with Crippen molar-refractivity contribution in [1.29, 1.82) is 5.26 Å². The van der Waals surface area contributed by atoms with Crippen LogP contribution in [0.2, 0.25) is 0 Å². The molecule has 1 aromatic rings. The molecule has 0 aromatic heterocycles. The van der Waals surface area contributed by atoms with Gasteiger partial charge in [0.1, 0.15) is 6.61 Å². The molecule has 1 heterocycles. The number of hydrogen-bond donors (Lipinski definition) is 0. The highest BCUT2D eigenvalue weighted by Gasteiger charge is 2.29. The van der Waals surface area contributed by atoms with Gasteiger partial charge in [-0.15, -0.1) is 0 Å². The van der Waals surface area contributed by atoms with Gasteiger partial charge in [-0.05, 0) is 32.6 Å². The van der Waals surface area contributed by atoms with Gasteiger partial charge in [-0.1, -0.05) is 0 Å². The maximum Gasteiger partial charge on any atom is 0.162 e. The molecule has 1 saturated heterocycles. The summed E-state index contributed by atoms with van der Waals surface area (Å²) in [6.45, 7) is 3.38. The minimum atomic E-state index is 0.340. The Morgan fingerprint density at radius 1 is 1.33 bits per heavy atom. The molecule has 132 valence electrons. The number of likely N-dealkylation sites (N-methyl/N-ethyl adjacent to an activating group) is 2. The maximum atomic E-state index is 8.93. The summed E-state index contributed by atoms with van der Waals surface area (Å²) in [5.41, 5.74) is 0.563. The van der Waals surface area contributed by atoms with Gasteiger partial charge >= 0.3 is 0 Å². The van der Waals surface area contributed by atoms with Crippen molar-refractivity contribution in [2.24, 2.45) is 0 Å². The standard InChI is InChI=1S/C18H27N3O3/c1-20(12-15-10-16(22-3)13-21(15)2)7-8-24-17-6-5-14(11-19)9-18(17)23-4/h5-6,9,15-16H,7-8,10,12-13H2,1-4H3/t15-,16-/m0/s1. The molecule has 0 aliphatic carbocycles. The summed E-state index contributed by atoms with van der Waals surface area (Å²) in [5.74, 6) is 1.26. The Morgan fingerprint density at radius 2 is 2.12 bits per heavy atom. The van der Waals surface area contributed by atoms with Gasteiger partial charge in [0.05, 0.1) is 24.8 Å². The Balaban J connectivity index is 1.79. The number of hydrogen-bond acceptors (Lipinski definition) is 6. The van der Waals surface area contributed by atoms with Crippen LogP contribution in [0.3, 0.4) is 0 Å². The van der Waals surface area contributed by atoms with Gasteiger partial charge in [-0.25, -0.2) is 0 Å². The molecule has 0 bridgehead atoms. The Kier molecular flexibility index (Phi) is 6.85. The van der Waals surface area contributed by atoms with Crippen molar-refractivity contribution in [2.75, 3.05) is 54.6 Å². The predicted molar refractivity (Wildman–Crippen MR) is 92.5 cm³/mol. The lowest BCUT2D eigenvalue weighted by Gasteiger charge is -2.25. The smallest absolute Gasteiger partial charge is 0.162 e. The van der Waals surface area contributed by atoms with Crippen LogP contribution in [0.1, 0.15) is 12.0 Å². The molecule has 24 heavy (non-hydrogen) atoms. The van der Waals surface area contributed by atoms with Crippen LogP contribution in [0.25, 0.3) is 0 Å². The molecule has 1 aliphatic rings. The monoisotopic (exact) mass is 333 g/mol. The fourth-order valence-corrected chi connectivity index (χ4v) is 3.03. The molecule has 1 aliphatic heterocycles. The van der Waals surface area contributed by atoms with Crippen molar-refractivity contribution in [3.8, 4) is 17.6 Å². The molecule has 1 fully saturated rings. The molecular formula is C18H27N3O3. The first-order valence-corrected chi connectivity index (χ1v) is 8.20. The second-order valence-electron chi connectivity index (χ2n) is 6.27. The van der Waals surface area contributed by atoms with Gasteiger partial charge in [-0.3, -0.25) is 4.90 Å². The third-order valence-corrected chi connectivity index (χ3v) is 4.53. The van der Waals surface area contributed by atoms with E-state index in [1.54, 1.807) is 32.4 Å². The molecule has 0 unspecified atom stereocenters. The van der Waals surface area contributed by atoms with Crippen molar-refractivity contribution < 1.29 is 14.2 Å². The third kappa shape index (κ3) is 4.84. The van der Waals surface area contributed by atoms with Gasteiger partial charge in [0.25, 0.3) is 0 Å². The number of methoxy groups -OCH3 is 2. The van der Waals surface area contributed by atoms with Crippen LogP contribution in [0.15, 0.2) is 18.2 Å². The van der Waals surface area contributed by atoms with E-state index < -0.39 is 0 Å². The molecular weight excluding hydrogens is 306 g/mol. The molecule has 1 aromatic carbocycles. The fourth-order valence-electron chi connectivity index (χ4n) is 3.03. The summed E-state index contributed by atoms with van der Waals surface area (Å²) < 4.78 is 16.6. The molecule has 0 saturated carbocycles. The summed E-state index contributed by atoms with van der Waals surface area (Å²) in [7, 11) is 7.62. The second-order valence-corrected chi connectivity index (χ2v) is 6.27. The van der Waals surface area contributed by atoms with Crippen molar-refractivity contribution in [3.05, 3.63) is 23.8 Å². The molecule has 2 atom stereocenters. The van der Waals surface area contributed by atoms with E-state index in [0.717, 1.165) is 26.1 Å². The van der Waals surface area contributed by atoms with Crippen LogP contribution in [0.5, 0.6) is 11.5 Å². The van der Waals surface area contributed by atoms with Crippen LogP contribution in [0.4, 0.5) is 0 Å². The molecule has 6 heteroatoms. The molecule has 0 radical (unpaired) electrons. The largest absolute Gasteiger partial charge is 0.493 e. The minimum absolute atomic E-state index is 0.340. The van der Waals surface area contributed by atoms with Gasteiger partial charge < -0.3 is 19.1 Å². The normalized spacial score (nSPS) is 21.0. The van der Waals surface area contributed by atoms with E-state index in [4.69, 9.17) is 19.5 Å². The molecule has 0 amide bonds. The topological polar surface area (TPSA) is 58.0 Å². The molecule has 6 nitrogen and oxygen atoms in total. The minimum Gasteiger partial charge on any atom is -0.493 e. The van der Waals surface area contributed by atoms with E-state index in [0.29, 0.717) is 35.8 Å². The number of nitriles is 1. The van der Waals surface area contributed by atoms with Gasteiger partial charge in [0.2, 0.25) is 0 Å². The first kappa shape index (κ1) is 18.5. The van der Waals surface area contributed by atoms with Crippen LogP contribution in [-0.4, -0.2) is 76.5 Å². The SMILES string of the molecule is COc1cc(C#N)ccc1OCCN(C)C[C@@H]1C[C@H](OC)CN1C. The Labute approximate surface area is 144 Å². The summed E-state index contributed by atoms with van der Waals surface area (Å²) in [6, 6.07) is 7.83. The van der Waals surface area contributed by atoms with E-state index in [1.807, 2.05) is 0 Å². The van der Waals surface area contributed by atoms with E-state index in [9.17, 15) is 0 Å². The van der Waals surface area contributed by atoms with E-state index in [1.165, 1.54) is 0 Å². The van der Waals surface area contributed by atoms with Gasteiger partial charge in [0.15, 0.2) is 11.5 Å². The summed E-state index contributed by atoms with van der Waals surface area (Å²) >= 11 is 0. The fraction of sp³-hybridized carbons (Fsp3) is 0.611. The summed E-state index contributed by atoms with van der Waals surface area (Å²) in [4.78, 5) is 4.63. The van der Waals surface area contributed by atoms with E-state index in [-0.39, 0.29) is 0 Å². The number of ether oxygens (including phenoxy) is 3. The zero-order chi connectivity index (χ0) is 17.5. The van der Waals surface area contributed by atoms with Gasteiger partial charge in [0, 0.05) is 38.9 Å². The lowest BCUT2D eigenvalue weighted by molar-refractivity contribution is 0.111. The maximum absolute atomic E-state index is 8.93. The Hall–Kier alpha value is -1.81. The first-order valence-electron chi connectivity index (χ1n) is 8.20. The average molecular weight is 333 g/mol. The molecule has 0 spiro atoms. The summed E-state index contributed by atoms with van der Waals surface area (Å²) in [5, 5.41) is 8.93. The lowest BCUT2D eigenvalue weighted by atomic mass is 10.2. The molecule has 0 N–H and O–H groups in total. The number of rotatable bonds is 8. The quantitative estimate of drug-likeness (QED) is 0.720. The van der Waals surface area contributed by atoms with E-state index in [2.05, 4.69) is 30.0 Å². The Bertz CT molecular complexity index is 573. The van der Waals surface area contributed by atoms with Crippen LogP contribution < -0.4 is 9.47 Å². The Morgan fingerprint density at radius 3 is 2.75 bits per heavy atom. The van der Waals surface area contributed by atoms with Crippen molar-refractivity contribution in [3.63, 3.8) is 0 Å². The van der Waals surface area contributed by atoms with Crippen LogP contribution in [0, 0.1) is 11.3 Å². The summed E-state index contributed by atoms with van der Waals surface area (Å²) in [6.07, 6.45) is 1.41. The van der Waals surface area contributed by atoms with Crippen molar-refractivity contribution in [1.82, 2.24) is 9.80 Å². The average Bonchev–Trinajstić information content (AvgIpc) is 2.94. The second kappa shape index (κ2) is 8.88. The van der Waals surface area contributed by atoms with Gasteiger partial charge in [-0.2, -0.15) is 5.26 Å². The molecule has 2 rings (SSSR count). The lowest BCUT2D eigenvalue weighted by Crippen LogP contribution is -2.38. The number of benzene rings is 1. The van der Waals surface area contributed by atoms with Crippen molar-refractivity contribution >= 4 is 0 Å². The van der Waals surface area contributed by atoms with Crippen LogP contribution >= 0.6 is 0 Å². The van der Waals surface area contributed by atoms with Crippen LogP contribution in [-0.2, 0) is 4.74 Å². The third-order valence-electron chi connectivity index (χ3n) is 4.53. The number of nitrogens with zero attached hydrogens (tertiary/aromatic N) is 3. The van der Waals surface area contributed by atoms with Crippen molar-refractivity contribution in [2.45, 2.75) is 18.6 Å². The number of likely N-dealkylation sites (tertiary alicyclic amines) is 1. The zero-order valence-corrected chi connectivity index (χ0v) is 15.0. The highest BCUT2D eigenvalue weighted by atomic mass is 16.5.